The Labute approximate surface area is 198 Å². The zero-order valence-corrected chi connectivity index (χ0v) is 19.2. The molecule has 178 valence electrons. The Balaban J connectivity index is 1.34. The Morgan fingerprint density at radius 3 is 2.73 bits per heavy atom. The third-order valence-electron chi connectivity index (χ3n) is 6.23. The standard InChI is InChI=1S/C25H30ClFN2O4/c26-22-4-2-1-3-18(22)12-28-25(31)11-21-9-10-23-24(33-21)16-32-15-20(30)14-29(23)13-17-5-7-19(27)8-6-17/h1-8,20-21,23-24,30H,9-16H2,(H,28,31)/t20-,21-,23+,24-/m1/s1. The molecule has 2 aliphatic rings. The SMILES string of the molecule is O=C(C[C@H]1CC[C@H]2[C@@H](COC[C@H](O)CN2Cc2ccc(F)cc2)O1)NCc1ccccc1Cl. The van der Waals surface area contributed by atoms with E-state index >= 15 is 0 Å². The van der Waals surface area contributed by atoms with E-state index in [1.54, 1.807) is 18.2 Å². The molecule has 2 aromatic carbocycles. The van der Waals surface area contributed by atoms with Gasteiger partial charge in [0, 0.05) is 30.7 Å². The van der Waals surface area contributed by atoms with Crippen LogP contribution in [0.25, 0.3) is 0 Å². The highest BCUT2D eigenvalue weighted by atomic mass is 35.5. The number of halogens is 2. The molecule has 2 aromatic rings. The highest BCUT2D eigenvalue weighted by molar-refractivity contribution is 6.31. The minimum absolute atomic E-state index is 0.0486. The van der Waals surface area contributed by atoms with Gasteiger partial charge in [0.05, 0.1) is 37.9 Å². The molecule has 8 heteroatoms. The van der Waals surface area contributed by atoms with Gasteiger partial charge < -0.3 is 19.9 Å². The van der Waals surface area contributed by atoms with Crippen LogP contribution in [-0.2, 0) is 27.4 Å². The van der Waals surface area contributed by atoms with Gasteiger partial charge in [-0.25, -0.2) is 4.39 Å². The molecule has 2 N–H and O–H groups in total. The van der Waals surface area contributed by atoms with Crippen molar-refractivity contribution in [2.75, 3.05) is 19.8 Å². The van der Waals surface area contributed by atoms with E-state index in [-0.39, 0.29) is 43.0 Å². The van der Waals surface area contributed by atoms with Gasteiger partial charge in [-0.15, -0.1) is 0 Å². The molecule has 0 aromatic heterocycles. The summed E-state index contributed by atoms with van der Waals surface area (Å²) >= 11 is 6.16. The lowest BCUT2D eigenvalue weighted by molar-refractivity contribution is -0.158. The van der Waals surface area contributed by atoms with Crippen LogP contribution in [0.2, 0.25) is 5.02 Å². The van der Waals surface area contributed by atoms with Crippen molar-refractivity contribution >= 4 is 17.5 Å². The fourth-order valence-corrected chi connectivity index (χ4v) is 4.77. The molecular weight excluding hydrogens is 447 g/mol. The lowest BCUT2D eigenvalue weighted by atomic mass is 9.94. The molecule has 0 saturated carbocycles. The van der Waals surface area contributed by atoms with Gasteiger partial charge in [-0.1, -0.05) is 41.9 Å². The van der Waals surface area contributed by atoms with Gasteiger partial charge in [-0.3, -0.25) is 9.69 Å². The number of aliphatic hydroxyl groups excluding tert-OH is 1. The largest absolute Gasteiger partial charge is 0.389 e. The first-order valence-electron chi connectivity index (χ1n) is 11.4. The van der Waals surface area contributed by atoms with Crippen LogP contribution in [0, 0.1) is 5.82 Å². The number of hydrogen-bond acceptors (Lipinski definition) is 5. The van der Waals surface area contributed by atoms with E-state index in [1.807, 2.05) is 18.2 Å². The molecule has 33 heavy (non-hydrogen) atoms. The number of β-amino-alcohol motifs (C(OH)–C–C–N with tert-alkyl or cyclic N) is 1. The molecule has 0 bridgehead atoms. The summed E-state index contributed by atoms with van der Waals surface area (Å²) in [6.45, 7) is 2.01. The van der Waals surface area contributed by atoms with Crippen molar-refractivity contribution in [1.82, 2.24) is 10.2 Å². The highest BCUT2D eigenvalue weighted by Crippen LogP contribution is 2.29. The van der Waals surface area contributed by atoms with Crippen molar-refractivity contribution < 1.29 is 23.8 Å². The van der Waals surface area contributed by atoms with Gasteiger partial charge in [-0.2, -0.15) is 0 Å². The summed E-state index contributed by atoms with van der Waals surface area (Å²) in [7, 11) is 0. The average molecular weight is 477 g/mol. The number of rotatable bonds is 6. The summed E-state index contributed by atoms with van der Waals surface area (Å²) in [5, 5.41) is 13.9. The molecule has 2 aliphatic heterocycles. The molecule has 2 heterocycles. The summed E-state index contributed by atoms with van der Waals surface area (Å²) in [5.74, 6) is -0.349. The van der Waals surface area contributed by atoms with Crippen molar-refractivity contribution in [3.63, 3.8) is 0 Å². The molecule has 4 rings (SSSR count). The van der Waals surface area contributed by atoms with E-state index in [2.05, 4.69) is 10.2 Å². The monoisotopic (exact) mass is 476 g/mol. The fourth-order valence-electron chi connectivity index (χ4n) is 4.57. The number of ether oxygens (including phenoxy) is 2. The molecule has 4 atom stereocenters. The highest BCUT2D eigenvalue weighted by Gasteiger charge is 2.38. The maximum atomic E-state index is 13.3. The topological polar surface area (TPSA) is 71.0 Å². The molecule has 2 saturated heterocycles. The third-order valence-corrected chi connectivity index (χ3v) is 6.60. The summed E-state index contributed by atoms with van der Waals surface area (Å²) in [5.41, 5.74) is 1.85. The van der Waals surface area contributed by atoms with Gasteiger partial charge in [0.15, 0.2) is 0 Å². The van der Waals surface area contributed by atoms with E-state index in [4.69, 9.17) is 21.1 Å². The molecule has 0 unspecified atom stereocenters. The predicted octanol–water partition coefficient (Wildman–Crippen LogP) is 3.29. The minimum atomic E-state index is -0.597. The van der Waals surface area contributed by atoms with E-state index < -0.39 is 6.10 Å². The van der Waals surface area contributed by atoms with E-state index in [0.717, 1.165) is 24.0 Å². The fraction of sp³-hybridized carbons (Fsp3) is 0.480. The second kappa shape index (κ2) is 11.4. The van der Waals surface area contributed by atoms with Crippen LogP contribution < -0.4 is 5.32 Å². The first-order chi connectivity index (χ1) is 16.0. The average Bonchev–Trinajstić information content (AvgIpc) is 2.79. The first-order valence-corrected chi connectivity index (χ1v) is 11.8. The number of benzene rings is 2. The minimum Gasteiger partial charge on any atom is -0.389 e. The zero-order valence-electron chi connectivity index (χ0n) is 18.5. The van der Waals surface area contributed by atoms with Crippen LogP contribution in [0.5, 0.6) is 0 Å². The second-order valence-electron chi connectivity index (χ2n) is 8.76. The first kappa shape index (κ1) is 24.1. The summed E-state index contributed by atoms with van der Waals surface area (Å²) < 4.78 is 25.3. The predicted molar refractivity (Wildman–Crippen MR) is 123 cm³/mol. The summed E-state index contributed by atoms with van der Waals surface area (Å²) in [6.07, 6.45) is 0.834. The van der Waals surface area contributed by atoms with Crippen LogP contribution in [0.15, 0.2) is 48.5 Å². The maximum Gasteiger partial charge on any atom is 0.222 e. The number of amides is 1. The summed E-state index contributed by atoms with van der Waals surface area (Å²) in [4.78, 5) is 14.7. The number of fused-ring (bicyclic) bond motifs is 1. The molecule has 0 radical (unpaired) electrons. The van der Waals surface area contributed by atoms with Crippen molar-refractivity contribution in [1.29, 1.82) is 0 Å². The van der Waals surface area contributed by atoms with Crippen LogP contribution in [-0.4, -0.2) is 60.0 Å². The third kappa shape index (κ3) is 6.74. The van der Waals surface area contributed by atoms with Crippen molar-refractivity contribution in [2.45, 2.75) is 56.7 Å². The lowest BCUT2D eigenvalue weighted by Crippen LogP contribution is -2.55. The molecule has 0 aliphatic carbocycles. The van der Waals surface area contributed by atoms with Crippen molar-refractivity contribution in [3.05, 3.63) is 70.5 Å². The van der Waals surface area contributed by atoms with Crippen LogP contribution >= 0.6 is 11.6 Å². The van der Waals surface area contributed by atoms with E-state index in [1.165, 1.54) is 12.1 Å². The van der Waals surface area contributed by atoms with Crippen LogP contribution in [0.4, 0.5) is 4.39 Å². The molecule has 2 fully saturated rings. The number of hydrogen-bond donors (Lipinski definition) is 2. The zero-order chi connectivity index (χ0) is 23.2. The van der Waals surface area contributed by atoms with Gasteiger partial charge in [0.25, 0.3) is 0 Å². The number of nitrogens with zero attached hydrogens (tertiary/aromatic N) is 1. The Bertz CT molecular complexity index is 929. The Morgan fingerprint density at radius 1 is 1.15 bits per heavy atom. The molecule has 0 spiro atoms. The van der Waals surface area contributed by atoms with E-state index in [0.29, 0.717) is 31.3 Å². The number of carbonyl (C=O) groups is 1. The molecule has 1 amide bonds. The van der Waals surface area contributed by atoms with E-state index in [9.17, 15) is 14.3 Å². The summed E-state index contributed by atoms with van der Waals surface area (Å²) in [6, 6.07) is 13.9. The van der Waals surface area contributed by atoms with Gasteiger partial charge in [0.1, 0.15) is 5.82 Å². The quantitative estimate of drug-likeness (QED) is 0.669. The lowest BCUT2D eigenvalue weighted by Gasteiger charge is -2.44. The smallest absolute Gasteiger partial charge is 0.222 e. The maximum absolute atomic E-state index is 13.3. The van der Waals surface area contributed by atoms with Crippen LogP contribution in [0.1, 0.15) is 30.4 Å². The number of aliphatic hydroxyl groups is 1. The van der Waals surface area contributed by atoms with Crippen molar-refractivity contribution in [2.24, 2.45) is 0 Å². The second-order valence-corrected chi connectivity index (χ2v) is 9.17. The molecular formula is C25H30ClFN2O4. The normalized spacial score (nSPS) is 26.2. The van der Waals surface area contributed by atoms with Crippen molar-refractivity contribution in [3.8, 4) is 0 Å². The van der Waals surface area contributed by atoms with Crippen LogP contribution in [0.3, 0.4) is 0 Å². The number of carbonyl (C=O) groups excluding carboxylic acids is 1. The Kier molecular flexibility index (Phi) is 8.33. The van der Waals surface area contributed by atoms with Gasteiger partial charge in [-0.05, 0) is 42.2 Å². The Hall–Kier alpha value is -2.03. The van der Waals surface area contributed by atoms with Gasteiger partial charge in [0.2, 0.25) is 5.91 Å². The van der Waals surface area contributed by atoms with Gasteiger partial charge >= 0.3 is 0 Å². The molecule has 6 nitrogen and oxygen atoms in total. The number of nitrogens with one attached hydrogen (secondary N) is 1. The Morgan fingerprint density at radius 2 is 1.94 bits per heavy atom.